The van der Waals surface area contributed by atoms with Crippen molar-refractivity contribution in [3.8, 4) is 0 Å². The summed E-state index contributed by atoms with van der Waals surface area (Å²) in [5.41, 5.74) is 0. The second-order valence-corrected chi connectivity index (χ2v) is 2.63. The highest BCUT2D eigenvalue weighted by Gasteiger charge is 2.04. The molecule has 0 unspecified atom stereocenters. The van der Waals surface area contributed by atoms with Crippen molar-refractivity contribution in [1.29, 1.82) is 0 Å². The number of hydrogen-bond donors (Lipinski definition) is 0. The molecule has 0 aromatic carbocycles. The summed E-state index contributed by atoms with van der Waals surface area (Å²) < 4.78 is 5.57. The molecular formula is C10H13AlO. The number of allylic oxidation sites excluding steroid dienone is 6. The maximum atomic E-state index is 5.57. The second-order valence-electron chi connectivity index (χ2n) is 2.63. The van der Waals surface area contributed by atoms with Crippen molar-refractivity contribution in [2.24, 2.45) is 0 Å². The largest absolute Gasteiger partial charge is 0.465 e. The molecule has 0 atom stereocenters. The fraction of sp³-hybridized carbons (Fsp3) is 0.200. The molecule has 0 amide bonds. The highest BCUT2D eigenvalue weighted by Crippen LogP contribution is 2.20. The Kier molecular flexibility index (Phi) is 3.40. The maximum Gasteiger partial charge on any atom is 0.187 e. The Morgan fingerprint density at radius 3 is 1.75 bits per heavy atom. The van der Waals surface area contributed by atoms with Crippen LogP contribution in [0.5, 0.6) is 0 Å². The molecule has 2 rings (SSSR count). The average Bonchev–Trinajstić information content (AvgIpc) is 2.60. The van der Waals surface area contributed by atoms with Crippen LogP contribution in [0.25, 0.3) is 0 Å². The van der Waals surface area contributed by atoms with E-state index in [4.69, 9.17) is 4.74 Å². The molecule has 0 fully saturated rings. The predicted molar refractivity (Wildman–Crippen MR) is 54.7 cm³/mol. The molecule has 0 bridgehead atoms. The lowest BCUT2D eigenvalue weighted by atomic mass is 10.4. The van der Waals surface area contributed by atoms with Crippen LogP contribution in [0.2, 0.25) is 0 Å². The molecule has 0 N–H and O–H groups in total. The Labute approximate surface area is 83.2 Å². The van der Waals surface area contributed by atoms with Gasteiger partial charge < -0.3 is 4.74 Å². The quantitative estimate of drug-likeness (QED) is 0.579. The van der Waals surface area contributed by atoms with Crippen LogP contribution in [0, 0.1) is 0 Å². The van der Waals surface area contributed by atoms with Gasteiger partial charge in [0, 0.05) is 12.8 Å². The van der Waals surface area contributed by atoms with Crippen LogP contribution >= 0.6 is 0 Å². The van der Waals surface area contributed by atoms with Crippen molar-refractivity contribution >= 4 is 17.4 Å². The summed E-state index contributed by atoms with van der Waals surface area (Å²) >= 11 is 0. The van der Waals surface area contributed by atoms with E-state index in [9.17, 15) is 0 Å². The minimum absolute atomic E-state index is 0. The zero-order valence-corrected chi connectivity index (χ0v) is 6.29. The van der Waals surface area contributed by atoms with Crippen LogP contribution in [0.3, 0.4) is 0 Å². The molecule has 62 valence electrons. The van der Waals surface area contributed by atoms with E-state index in [0.29, 0.717) is 0 Å². The van der Waals surface area contributed by atoms with E-state index in [1.165, 1.54) is 0 Å². The van der Waals surface area contributed by atoms with E-state index in [0.717, 1.165) is 24.4 Å². The predicted octanol–water partition coefficient (Wildman–Crippen LogP) is 1.51. The normalized spacial score (nSPS) is 18.7. The second kappa shape index (κ2) is 4.35. The maximum absolute atomic E-state index is 5.57. The van der Waals surface area contributed by atoms with Gasteiger partial charge >= 0.3 is 0 Å². The summed E-state index contributed by atoms with van der Waals surface area (Å²) in [5, 5.41) is 0. The third-order valence-electron chi connectivity index (χ3n) is 1.74. The van der Waals surface area contributed by atoms with Crippen LogP contribution in [0.4, 0.5) is 0 Å². The van der Waals surface area contributed by atoms with Gasteiger partial charge in [0.25, 0.3) is 0 Å². The van der Waals surface area contributed by atoms with Crippen LogP contribution in [0.1, 0.15) is 12.8 Å². The van der Waals surface area contributed by atoms with Crippen LogP contribution in [0.15, 0.2) is 48.0 Å². The van der Waals surface area contributed by atoms with E-state index in [2.05, 4.69) is 12.2 Å². The first-order chi connectivity index (χ1) is 5.45. The molecule has 2 aliphatic carbocycles. The summed E-state index contributed by atoms with van der Waals surface area (Å²) in [6.07, 6.45) is 14.2. The molecule has 0 saturated heterocycles. The van der Waals surface area contributed by atoms with Crippen LogP contribution in [-0.2, 0) is 4.74 Å². The molecule has 0 heterocycles. The lowest BCUT2D eigenvalue weighted by Crippen LogP contribution is -1.87. The third kappa shape index (κ3) is 2.14. The Bertz CT molecular complexity index is 244. The molecule has 0 aromatic heterocycles. The first-order valence-electron chi connectivity index (χ1n) is 3.84. The van der Waals surface area contributed by atoms with E-state index in [1.54, 1.807) is 0 Å². The highest BCUT2D eigenvalue weighted by molar-refractivity contribution is 5.75. The Morgan fingerprint density at radius 2 is 1.42 bits per heavy atom. The summed E-state index contributed by atoms with van der Waals surface area (Å²) in [5.74, 6) is 2.11. The van der Waals surface area contributed by atoms with Crippen molar-refractivity contribution in [3.05, 3.63) is 48.0 Å². The lowest BCUT2D eigenvalue weighted by Gasteiger charge is -2.05. The Hall–Kier alpha value is -0.708. The zero-order chi connectivity index (χ0) is 7.52. The number of rotatable bonds is 2. The van der Waals surface area contributed by atoms with Crippen molar-refractivity contribution in [2.45, 2.75) is 12.8 Å². The first kappa shape index (κ1) is 9.38. The van der Waals surface area contributed by atoms with Gasteiger partial charge in [-0.3, -0.25) is 0 Å². The monoisotopic (exact) mass is 176 g/mol. The molecule has 0 radical (unpaired) electrons. The minimum atomic E-state index is 0. The lowest BCUT2D eigenvalue weighted by molar-refractivity contribution is 0.296. The van der Waals surface area contributed by atoms with Gasteiger partial charge in [-0.2, -0.15) is 0 Å². The number of ether oxygens (including phenoxy) is 1. The van der Waals surface area contributed by atoms with E-state index >= 15 is 0 Å². The summed E-state index contributed by atoms with van der Waals surface area (Å²) in [7, 11) is 0. The average molecular weight is 176 g/mol. The highest BCUT2D eigenvalue weighted by atomic mass is 27.0. The molecule has 1 nitrogen and oxygen atoms in total. The molecule has 2 aliphatic rings. The van der Waals surface area contributed by atoms with E-state index in [-0.39, 0.29) is 17.4 Å². The molecule has 2 heteroatoms. The number of hydrogen-bond acceptors (Lipinski definition) is 1. The van der Waals surface area contributed by atoms with Crippen molar-refractivity contribution in [3.63, 3.8) is 0 Å². The fourth-order valence-electron chi connectivity index (χ4n) is 1.17. The summed E-state index contributed by atoms with van der Waals surface area (Å²) in [4.78, 5) is 0. The smallest absolute Gasteiger partial charge is 0.187 e. The van der Waals surface area contributed by atoms with E-state index in [1.807, 2.05) is 24.3 Å². The van der Waals surface area contributed by atoms with Crippen molar-refractivity contribution < 1.29 is 4.74 Å². The SMILES string of the molecule is C1=CCC(OC2=CC=CC2)=C1.[AlH3]. The molecule has 0 saturated carbocycles. The van der Waals surface area contributed by atoms with Gasteiger partial charge in [0.2, 0.25) is 0 Å². The Balaban J connectivity index is 0.000000720. The Morgan fingerprint density at radius 1 is 0.917 bits per heavy atom. The zero-order valence-electron chi connectivity index (χ0n) is 6.29. The summed E-state index contributed by atoms with van der Waals surface area (Å²) in [6, 6.07) is 0. The minimum Gasteiger partial charge on any atom is -0.465 e. The molecule has 12 heavy (non-hydrogen) atoms. The van der Waals surface area contributed by atoms with Crippen molar-refractivity contribution in [1.82, 2.24) is 0 Å². The van der Waals surface area contributed by atoms with Crippen LogP contribution in [-0.4, -0.2) is 17.4 Å². The first-order valence-corrected chi connectivity index (χ1v) is 3.84. The molecule has 0 aliphatic heterocycles. The molecule has 0 aromatic rings. The third-order valence-corrected chi connectivity index (χ3v) is 1.74. The fourth-order valence-corrected chi connectivity index (χ4v) is 1.17. The van der Waals surface area contributed by atoms with E-state index < -0.39 is 0 Å². The molecule has 0 spiro atoms. The summed E-state index contributed by atoms with van der Waals surface area (Å²) in [6.45, 7) is 0. The van der Waals surface area contributed by atoms with Gasteiger partial charge in [0.05, 0.1) is 0 Å². The topological polar surface area (TPSA) is 9.23 Å². The van der Waals surface area contributed by atoms with Gasteiger partial charge in [-0.25, -0.2) is 0 Å². The van der Waals surface area contributed by atoms with Gasteiger partial charge in [0.15, 0.2) is 17.4 Å². The van der Waals surface area contributed by atoms with Crippen molar-refractivity contribution in [2.75, 3.05) is 0 Å². The van der Waals surface area contributed by atoms with Gasteiger partial charge in [-0.1, -0.05) is 24.3 Å². The standard InChI is InChI=1S/C10H10O.Al.3H/c1-2-6-9(5-1)11-10-7-3-4-8-10;;;;/h1-5,7H,6,8H2;;;;. The van der Waals surface area contributed by atoms with Gasteiger partial charge in [-0.15, -0.1) is 0 Å². The molecular weight excluding hydrogens is 163 g/mol. The van der Waals surface area contributed by atoms with Crippen LogP contribution < -0.4 is 0 Å². The van der Waals surface area contributed by atoms with Gasteiger partial charge in [0.1, 0.15) is 11.5 Å². The van der Waals surface area contributed by atoms with Gasteiger partial charge in [-0.05, 0) is 12.2 Å².